The van der Waals surface area contributed by atoms with Crippen LogP contribution in [0.2, 0.25) is 0 Å². The van der Waals surface area contributed by atoms with E-state index in [-0.39, 0.29) is 11.7 Å². The molecule has 3 aromatic carbocycles. The summed E-state index contributed by atoms with van der Waals surface area (Å²) in [5, 5.41) is 4.92. The number of benzene rings is 3. The molecule has 0 saturated carbocycles. The Balaban J connectivity index is 1.53. The average molecular weight is 635 g/mol. The van der Waals surface area contributed by atoms with E-state index in [1.54, 1.807) is 37.1 Å². The summed E-state index contributed by atoms with van der Waals surface area (Å²) >= 11 is 1.27. The van der Waals surface area contributed by atoms with Gasteiger partial charge in [0.2, 0.25) is 0 Å². The fourth-order valence-electron chi connectivity index (χ4n) is 5.41. The summed E-state index contributed by atoms with van der Waals surface area (Å²) in [6.45, 7) is 7.88. The average Bonchev–Trinajstić information content (AvgIpc) is 3.61. The molecule has 1 atom stereocenters. The highest BCUT2D eigenvalue weighted by Gasteiger charge is 2.34. The lowest BCUT2D eigenvalue weighted by Crippen LogP contribution is -2.40. The van der Waals surface area contributed by atoms with Gasteiger partial charge >= 0.3 is 5.97 Å². The monoisotopic (exact) mass is 634 g/mol. The molecule has 2 aromatic heterocycles. The van der Waals surface area contributed by atoms with Gasteiger partial charge in [0.05, 0.1) is 47.4 Å². The van der Waals surface area contributed by atoms with Crippen molar-refractivity contribution in [2.45, 2.75) is 39.8 Å². The van der Waals surface area contributed by atoms with Crippen LogP contribution in [0.1, 0.15) is 44.9 Å². The molecule has 0 unspecified atom stereocenters. The predicted molar refractivity (Wildman–Crippen MR) is 178 cm³/mol. The second kappa shape index (κ2) is 13.0. The van der Waals surface area contributed by atoms with Crippen molar-refractivity contribution >= 4 is 23.4 Å². The van der Waals surface area contributed by atoms with Crippen molar-refractivity contribution < 1.29 is 19.0 Å². The van der Waals surface area contributed by atoms with Crippen LogP contribution in [0.15, 0.2) is 106 Å². The van der Waals surface area contributed by atoms with E-state index in [1.165, 1.54) is 11.3 Å². The number of carbonyl (C=O) groups is 1. The molecule has 0 bridgehead atoms. The summed E-state index contributed by atoms with van der Waals surface area (Å²) in [4.78, 5) is 33.0. The highest BCUT2D eigenvalue weighted by molar-refractivity contribution is 7.07. The van der Waals surface area contributed by atoms with Crippen molar-refractivity contribution in [1.29, 1.82) is 0 Å². The Bertz CT molecular complexity index is 2090. The van der Waals surface area contributed by atoms with Crippen LogP contribution in [0.5, 0.6) is 11.5 Å². The third-order valence-corrected chi connectivity index (χ3v) is 8.49. The van der Waals surface area contributed by atoms with Gasteiger partial charge < -0.3 is 14.2 Å². The highest BCUT2D eigenvalue weighted by atomic mass is 32.1. The van der Waals surface area contributed by atoms with Crippen molar-refractivity contribution in [3.63, 3.8) is 0 Å². The SMILES string of the molecule is CCOc1ccc(-c2nn(-c3ccccc3)cc2/C=c2\sc3n(c2=O)[C@H](c2ccc(OC)cc2)C(C(=O)OC(C)C)=C(C)N=3)cc1. The van der Waals surface area contributed by atoms with Gasteiger partial charge in [-0.2, -0.15) is 5.10 Å². The van der Waals surface area contributed by atoms with Gasteiger partial charge in [-0.05, 0) is 87.9 Å². The Hall–Kier alpha value is -5.22. The maximum absolute atomic E-state index is 14.3. The van der Waals surface area contributed by atoms with Gasteiger partial charge in [0.1, 0.15) is 17.2 Å². The van der Waals surface area contributed by atoms with Crippen LogP contribution in [0.3, 0.4) is 0 Å². The minimum atomic E-state index is -0.729. The van der Waals surface area contributed by atoms with Crippen LogP contribution in [0.25, 0.3) is 23.0 Å². The van der Waals surface area contributed by atoms with E-state index in [4.69, 9.17) is 24.3 Å². The first-order valence-electron chi connectivity index (χ1n) is 15.0. The fraction of sp³-hybridized carbons (Fsp3) is 0.222. The largest absolute Gasteiger partial charge is 0.497 e. The molecule has 5 aromatic rings. The maximum Gasteiger partial charge on any atom is 0.338 e. The molecule has 3 heterocycles. The summed E-state index contributed by atoms with van der Waals surface area (Å²) in [6, 6.07) is 24.2. The van der Waals surface area contributed by atoms with Crippen molar-refractivity contribution in [2.24, 2.45) is 4.99 Å². The van der Waals surface area contributed by atoms with E-state index in [9.17, 15) is 9.59 Å². The second-order valence-electron chi connectivity index (χ2n) is 11.0. The van der Waals surface area contributed by atoms with E-state index in [1.807, 2.05) is 98.1 Å². The number of hydrogen-bond acceptors (Lipinski definition) is 8. The molecule has 6 rings (SSSR count). The predicted octanol–water partition coefficient (Wildman–Crippen LogP) is 5.45. The molecule has 0 spiro atoms. The molecule has 1 aliphatic rings. The molecule has 0 fully saturated rings. The molecule has 234 valence electrons. The fourth-order valence-corrected chi connectivity index (χ4v) is 6.45. The van der Waals surface area contributed by atoms with Gasteiger partial charge in [0.15, 0.2) is 4.80 Å². The number of methoxy groups -OCH3 is 1. The number of hydrogen-bond donors (Lipinski definition) is 0. The van der Waals surface area contributed by atoms with Crippen LogP contribution in [0.4, 0.5) is 0 Å². The van der Waals surface area contributed by atoms with Gasteiger partial charge in [-0.25, -0.2) is 14.5 Å². The first-order chi connectivity index (χ1) is 22.3. The second-order valence-corrected chi connectivity index (χ2v) is 12.0. The van der Waals surface area contributed by atoms with Crippen molar-refractivity contribution in [1.82, 2.24) is 14.3 Å². The molecule has 46 heavy (non-hydrogen) atoms. The smallest absolute Gasteiger partial charge is 0.338 e. The topological polar surface area (TPSA) is 96.9 Å². The van der Waals surface area contributed by atoms with Crippen molar-refractivity contribution in [2.75, 3.05) is 13.7 Å². The number of esters is 1. The van der Waals surface area contributed by atoms with E-state index in [2.05, 4.69) is 0 Å². The minimum Gasteiger partial charge on any atom is -0.497 e. The van der Waals surface area contributed by atoms with E-state index in [0.717, 1.165) is 28.1 Å². The van der Waals surface area contributed by atoms with Crippen LogP contribution in [-0.2, 0) is 9.53 Å². The van der Waals surface area contributed by atoms with E-state index < -0.39 is 12.0 Å². The molecule has 9 nitrogen and oxygen atoms in total. The zero-order chi connectivity index (χ0) is 32.4. The zero-order valence-electron chi connectivity index (χ0n) is 26.3. The Morgan fingerprint density at radius 3 is 2.35 bits per heavy atom. The molecule has 0 radical (unpaired) electrons. The number of aromatic nitrogens is 3. The Morgan fingerprint density at radius 2 is 1.70 bits per heavy atom. The minimum absolute atomic E-state index is 0.267. The summed E-state index contributed by atoms with van der Waals surface area (Å²) in [7, 11) is 1.59. The summed E-state index contributed by atoms with van der Waals surface area (Å²) in [5.41, 5.74) is 4.54. The van der Waals surface area contributed by atoms with Crippen molar-refractivity contribution in [3.05, 3.63) is 127 Å². The maximum atomic E-state index is 14.3. The summed E-state index contributed by atoms with van der Waals surface area (Å²) < 4.78 is 20.5. The normalized spacial score (nSPS) is 14.7. The van der Waals surface area contributed by atoms with E-state index in [0.29, 0.717) is 38.7 Å². The third kappa shape index (κ3) is 6.03. The number of fused-ring (bicyclic) bond motifs is 1. The van der Waals surface area contributed by atoms with Crippen molar-refractivity contribution in [3.8, 4) is 28.4 Å². The Kier molecular flexibility index (Phi) is 8.72. The lowest BCUT2D eigenvalue weighted by atomic mass is 9.96. The number of ether oxygens (including phenoxy) is 3. The lowest BCUT2D eigenvalue weighted by Gasteiger charge is -2.25. The molecule has 10 heteroatoms. The number of nitrogens with zero attached hydrogens (tertiary/aromatic N) is 4. The van der Waals surface area contributed by atoms with Gasteiger partial charge in [0.25, 0.3) is 5.56 Å². The lowest BCUT2D eigenvalue weighted by molar-refractivity contribution is -0.143. The Morgan fingerprint density at radius 1 is 1.00 bits per heavy atom. The third-order valence-electron chi connectivity index (χ3n) is 7.50. The molecular formula is C36H34N4O5S. The zero-order valence-corrected chi connectivity index (χ0v) is 27.1. The number of allylic oxidation sites excluding steroid dienone is 1. The van der Waals surface area contributed by atoms with Crippen LogP contribution < -0.4 is 24.4 Å². The molecule has 0 N–H and O–H groups in total. The quantitative estimate of drug-likeness (QED) is 0.200. The number of para-hydroxylation sites is 1. The summed E-state index contributed by atoms with van der Waals surface area (Å²) in [5.74, 6) is 0.929. The standard InChI is InChI=1S/C36H34N4O5S/c1-6-44-29-18-12-24(13-19-29)32-26(21-39(38-32)27-10-8-7-9-11-27)20-30-34(41)40-33(25-14-16-28(43-5)17-15-25)31(35(42)45-22(2)3)23(4)37-36(40)46-30/h7-22,33H,6H2,1-5H3/b30-20-/t33-/m1/s1. The van der Waals surface area contributed by atoms with E-state index >= 15 is 0 Å². The van der Waals surface area contributed by atoms with Crippen LogP contribution in [0, 0.1) is 0 Å². The first-order valence-corrected chi connectivity index (χ1v) is 15.8. The van der Waals surface area contributed by atoms with Gasteiger partial charge in [-0.15, -0.1) is 0 Å². The van der Waals surface area contributed by atoms with Crippen LogP contribution in [-0.4, -0.2) is 40.1 Å². The number of thiazole rings is 1. The molecule has 0 amide bonds. The van der Waals surface area contributed by atoms with Gasteiger partial charge in [0, 0.05) is 17.3 Å². The molecule has 1 aliphatic heterocycles. The number of carbonyl (C=O) groups excluding carboxylic acids is 1. The molecule has 0 saturated heterocycles. The highest BCUT2D eigenvalue weighted by Crippen LogP contribution is 2.32. The van der Waals surface area contributed by atoms with Gasteiger partial charge in [-0.1, -0.05) is 41.7 Å². The first kappa shape index (κ1) is 30.8. The summed E-state index contributed by atoms with van der Waals surface area (Å²) in [6.07, 6.45) is 3.42. The number of rotatable bonds is 9. The van der Waals surface area contributed by atoms with Gasteiger partial charge in [-0.3, -0.25) is 9.36 Å². The molecular weight excluding hydrogens is 600 g/mol. The van der Waals surface area contributed by atoms with Crippen LogP contribution >= 0.6 is 11.3 Å². The Labute approximate surface area is 270 Å². The molecule has 0 aliphatic carbocycles.